The molecular weight excluding hydrogens is 687 g/mol. The van der Waals surface area contributed by atoms with Gasteiger partial charge in [0.2, 0.25) is 0 Å². The molecule has 0 aliphatic heterocycles. The standard InChI is InChI=1S/C48H63NO6/c1-32(2)40-22-15-34(4)27-44(40)55-46(52)49(30-35-12-8-7-9-13-35)31-48(53)26-24-43-41-23-16-36(28-38(50)19-14-33(3)11-10-25-47(43,48)5)29-42(41)45(51)37-17-20-39(54-6)21-18-37/h7-9,11-13,16-18,20-21,23,29,32,34,38,40,43-44,50,53H,10,14-15,19,22,24-28,30-31H2,1-6H3/t34-,38-,40+,43-,44-,47-,48+/m0/s1. The number of aliphatic hydroxyl groups excluding tert-OH is 1. The molecule has 3 aromatic rings. The van der Waals surface area contributed by atoms with Crippen molar-refractivity contribution in [2.45, 2.75) is 129 Å². The molecule has 2 N–H and O–H groups in total. The Kier molecular flexibility index (Phi) is 12.9. The summed E-state index contributed by atoms with van der Waals surface area (Å²) in [5.74, 6) is 1.61. The van der Waals surface area contributed by atoms with Crippen LogP contribution in [0.4, 0.5) is 4.79 Å². The summed E-state index contributed by atoms with van der Waals surface area (Å²) in [6.45, 7) is 11.4. The van der Waals surface area contributed by atoms with Crippen LogP contribution in [0.15, 0.2) is 84.4 Å². The Balaban J connectivity index is 1.40. The van der Waals surface area contributed by atoms with Gasteiger partial charge in [-0.3, -0.25) is 4.79 Å². The van der Waals surface area contributed by atoms with Crippen LogP contribution < -0.4 is 4.74 Å². The molecule has 0 saturated heterocycles. The minimum atomic E-state index is -1.27. The molecular formula is C48H63NO6. The number of allylic oxidation sites excluding steroid dienone is 2. The largest absolute Gasteiger partial charge is 0.497 e. The summed E-state index contributed by atoms with van der Waals surface area (Å²) in [7, 11) is 1.61. The number of hydrogen-bond donors (Lipinski definition) is 2. The molecule has 2 saturated carbocycles. The van der Waals surface area contributed by atoms with E-state index in [1.807, 2.05) is 42.5 Å². The summed E-state index contributed by atoms with van der Waals surface area (Å²) in [6.07, 6.45) is 8.60. The minimum Gasteiger partial charge on any atom is -0.497 e. The van der Waals surface area contributed by atoms with Gasteiger partial charge < -0.3 is 24.6 Å². The SMILES string of the molecule is COc1ccc(C(=O)c2cc3ccc2[C@@H]2CC[C@@](O)(CN(Cc4ccccc4)C(=O)O[C@H]4C[C@@H](C)CC[C@@H]4C(C)C)[C@@]2(C)CCC=C(C)CC[C@H](O)C3)cc1. The van der Waals surface area contributed by atoms with E-state index < -0.39 is 17.1 Å². The average Bonchev–Trinajstić information content (AvgIpc) is 3.42. The smallest absolute Gasteiger partial charge is 0.410 e. The summed E-state index contributed by atoms with van der Waals surface area (Å²) in [6, 6.07) is 23.3. The second-order valence-corrected chi connectivity index (χ2v) is 17.6. The zero-order chi connectivity index (χ0) is 39.3. The number of rotatable bonds is 9. The molecule has 0 aromatic heterocycles. The van der Waals surface area contributed by atoms with Gasteiger partial charge in [0.05, 0.1) is 25.4 Å². The van der Waals surface area contributed by atoms with Crippen molar-refractivity contribution in [3.63, 3.8) is 0 Å². The maximum atomic E-state index is 14.5. The van der Waals surface area contributed by atoms with Crippen LogP contribution in [0.25, 0.3) is 0 Å². The fourth-order valence-corrected chi connectivity index (χ4v) is 9.85. The van der Waals surface area contributed by atoms with Crippen LogP contribution in [0.2, 0.25) is 0 Å². The van der Waals surface area contributed by atoms with Gasteiger partial charge in [-0.05, 0) is 135 Å². The van der Waals surface area contributed by atoms with Crippen LogP contribution in [0.3, 0.4) is 0 Å². The normalized spacial score (nSPS) is 28.5. The Hall–Kier alpha value is -3.94. The molecule has 4 aliphatic rings. The number of benzene rings is 3. The molecule has 3 aromatic carbocycles. The first-order chi connectivity index (χ1) is 26.3. The molecule has 0 spiro atoms. The zero-order valence-electron chi connectivity index (χ0n) is 33.9. The predicted molar refractivity (Wildman–Crippen MR) is 218 cm³/mol. The van der Waals surface area contributed by atoms with Crippen molar-refractivity contribution >= 4 is 11.9 Å². The zero-order valence-corrected chi connectivity index (χ0v) is 33.9. The van der Waals surface area contributed by atoms with Crippen molar-refractivity contribution in [1.82, 2.24) is 4.90 Å². The van der Waals surface area contributed by atoms with E-state index in [-0.39, 0.29) is 30.4 Å². The Labute approximate surface area is 329 Å². The molecule has 4 aliphatic carbocycles. The van der Waals surface area contributed by atoms with E-state index in [9.17, 15) is 19.8 Å². The molecule has 7 atom stereocenters. The van der Waals surface area contributed by atoms with Crippen molar-refractivity contribution in [2.24, 2.45) is 23.2 Å². The number of nitrogens with zero attached hydrogens (tertiary/aromatic N) is 1. The number of carbonyl (C=O) groups is 2. The number of carbonyl (C=O) groups excluding carboxylic acids is 2. The van der Waals surface area contributed by atoms with Gasteiger partial charge in [-0.25, -0.2) is 4.79 Å². The van der Waals surface area contributed by atoms with Crippen LogP contribution in [-0.2, 0) is 17.7 Å². The second kappa shape index (κ2) is 17.5. The number of amides is 1. The molecule has 0 radical (unpaired) electrons. The molecule has 7 nitrogen and oxygen atoms in total. The van der Waals surface area contributed by atoms with E-state index in [2.05, 4.69) is 46.8 Å². The molecule has 2 fully saturated rings. The third-order valence-corrected chi connectivity index (χ3v) is 13.4. The first kappa shape index (κ1) is 40.7. The minimum absolute atomic E-state index is 0.0923. The summed E-state index contributed by atoms with van der Waals surface area (Å²) in [4.78, 5) is 30.7. The topological polar surface area (TPSA) is 96.3 Å². The lowest BCUT2D eigenvalue weighted by atomic mass is 9.64. The maximum absolute atomic E-state index is 14.5. The number of ether oxygens (including phenoxy) is 2. The fraction of sp³-hybridized carbons (Fsp3) is 0.542. The van der Waals surface area contributed by atoms with Crippen LogP contribution in [0.5, 0.6) is 5.75 Å². The Morgan fingerprint density at radius 2 is 1.71 bits per heavy atom. The highest BCUT2D eigenvalue weighted by atomic mass is 16.6. The van der Waals surface area contributed by atoms with Crippen LogP contribution in [0, 0.1) is 23.2 Å². The Bertz CT molecular complexity index is 1800. The number of aliphatic hydroxyl groups is 2. The maximum Gasteiger partial charge on any atom is 0.410 e. The van der Waals surface area contributed by atoms with Gasteiger partial charge >= 0.3 is 6.09 Å². The summed E-state index contributed by atoms with van der Waals surface area (Å²) < 4.78 is 11.9. The third-order valence-electron chi connectivity index (χ3n) is 13.4. The van der Waals surface area contributed by atoms with Crippen molar-refractivity contribution in [1.29, 1.82) is 0 Å². The molecule has 2 bridgehead atoms. The van der Waals surface area contributed by atoms with Crippen LogP contribution in [0.1, 0.15) is 131 Å². The highest BCUT2D eigenvalue weighted by Gasteiger charge is 2.58. The monoisotopic (exact) mass is 749 g/mol. The van der Waals surface area contributed by atoms with Gasteiger partial charge in [-0.1, -0.05) is 88.2 Å². The molecule has 1 amide bonds. The number of fused-ring (bicyclic) bond motifs is 8. The lowest BCUT2D eigenvalue weighted by Gasteiger charge is -2.46. The van der Waals surface area contributed by atoms with Gasteiger partial charge in [-0.15, -0.1) is 0 Å². The van der Waals surface area contributed by atoms with E-state index in [4.69, 9.17) is 9.47 Å². The van der Waals surface area contributed by atoms with Crippen molar-refractivity contribution < 1.29 is 29.3 Å². The lowest BCUT2D eigenvalue weighted by molar-refractivity contribution is -0.0876. The average molecular weight is 750 g/mol. The third kappa shape index (κ3) is 9.21. The quantitative estimate of drug-likeness (QED) is 0.167. The van der Waals surface area contributed by atoms with E-state index in [0.717, 1.165) is 48.8 Å². The van der Waals surface area contributed by atoms with Crippen molar-refractivity contribution in [3.05, 3.63) is 112 Å². The molecule has 55 heavy (non-hydrogen) atoms. The highest BCUT2D eigenvalue weighted by Crippen LogP contribution is 2.59. The number of methoxy groups -OCH3 is 1. The van der Waals surface area contributed by atoms with Gasteiger partial charge in [-0.2, -0.15) is 0 Å². The van der Waals surface area contributed by atoms with E-state index in [1.54, 1.807) is 36.3 Å². The van der Waals surface area contributed by atoms with Gasteiger partial charge in [0.1, 0.15) is 11.9 Å². The molecule has 7 heteroatoms. The Morgan fingerprint density at radius 3 is 2.42 bits per heavy atom. The molecule has 0 heterocycles. The van der Waals surface area contributed by atoms with Crippen molar-refractivity contribution in [2.75, 3.05) is 13.7 Å². The van der Waals surface area contributed by atoms with Gasteiger partial charge in [0.15, 0.2) is 5.78 Å². The number of hydrogen-bond acceptors (Lipinski definition) is 6. The van der Waals surface area contributed by atoms with E-state index in [0.29, 0.717) is 73.3 Å². The van der Waals surface area contributed by atoms with E-state index >= 15 is 0 Å². The molecule has 0 unspecified atom stereocenters. The first-order valence-corrected chi connectivity index (χ1v) is 20.7. The number of ketones is 1. The lowest BCUT2D eigenvalue weighted by Crippen LogP contribution is -2.54. The summed E-state index contributed by atoms with van der Waals surface area (Å²) in [5.41, 5.74) is 3.22. The van der Waals surface area contributed by atoms with E-state index in [1.165, 1.54) is 5.57 Å². The highest BCUT2D eigenvalue weighted by molar-refractivity contribution is 6.10. The molecule has 296 valence electrons. The first-order valence-electron chi connectivity index (χ1n) is 20.7. The van der Waals surface area contributed by atoms with Gasteiger partial charge in [0, 0.05) is 23.1 Å². The van der Waals surface area contributed by atoms with Crippen LogP contribution in [-0.4, -0.2) is 58.5 Å². The summed E-state index contributed by atoms with van der Waals surface area (Å²) in [5, 5.41) is 24.2. The van der Waals surface area contributed by atoms with Gasteiger partial charge in [0.25, 0.3) is 0 Å². The van der Waals surface area contributed by atoms with Crippen LogP contribution >= 0.6 is 0 Å². The van der Waals surface area contributed by atoms with Crippen molar-refractivity contribution in [3.8, 4) is 5.75 Å². The summed E-state index contributed by atoms with van der Waals surface area (Å²) >= 11 is 0. The second-order valence-electron chi connectivity index (χ2n) is 17.6. The fourth-order valence-electron chi connectivity index (χ4n) is 9.85. The Morgan fingerprint density at radius 1 is 0.964 bits per heavy atom. The molecule has 7 rings (SSSR count). The predicted octanol–water partition coefficient (Wildman–Crippen LogP) is 10.1.